The molecule has 0 bridgehead atoms. The van der Waals surface area contributed by atoms with E-state index in [1.807, 2.05) is 12.1 Å². The summed E-state index contributed by atoms with van der Waals surface area (Å²) < 4.78 is 0. The molecule has 0 saturated heterocycles. The van der Waals surface area contributed by atoms with E-state index in [9.17, 15) is 9.59 Å². The molecule has 1 heterocycles. The van der Waals surface area contributed by atoms with E-state index in [2.05, 4.69) is 22.9 Å². The SMILES string of the molecule is CCCC(CBr)CN1C(=O)C(=O)c2ccccc21. The maximum Gasteiger partial charge on any atom is 0.299 e. The minimum absolute atomic E-state index is 0.379. The molecule has 3 nitrogen and oxygen atoms in total. The van der Waals surface area contributed by atoms with Gasteiger partial charge in [0, 0.05) is 11.9 Å². The van der Waals surface area contributed by atoms with Crippen LogP contribution in [0.3, 0.4) is 0 Å². The average Bonchev–Trinajstić information content (AvgIpc) is 2.64. The Morgan fingerprint density at radius 2 is 2.00 bits per heavy atom. The molecule has 1 aromatic carbocycles. The number of carbonyl (C=O) groups is 2. The third-order valence-corrected chi connectivity index (χ3v) is 4.15. The molecule has 1 aromatic rings. The van der Waals surface area contributed by atoms with Crippen molar-refractivity contribution in [3.63, 3.8) is 0 Å². The van der Waals surface area contributed by atoms with Crippen LogP contribution in [0.15, 0.2) is 24.3 Å². The van der Waals surface area contributed by atoms with Gasteiger partial charge in [0.25, 0.3) is 11.7 Å². The van der Waals surface area contributed by atoms with Crippen molar-refractivity contribution < 1.29 is 9.59 Å². The van der Waals surface area contributed by atoms with E-state index >= 15 is 0 Å². The molecular weight excluding hydrogens is 294 g/mol. The number of para-hydroxylation sites is 1. The topological polar surface area (TPSA) is 37.4 Å². The highest BCUT2D eigenvalue weighted by atomic mass is 79.9. The second kappa shape index (κ2) is 5.65. The molecule has 0 aromatic heterocycles. The lowest BCUT2D eigenvalue weighted by atomic mass is 10.1. The molecule has 1 aliphatic heterocycles. The largest absolute Gasteiger partial charge is 0.304 e. The van der Waals surface area contributed by atoms with Crippen LogP contribution in [0.5, 0.6) is 0 Å². The van der Waals surface area contributed by atoms with Crippen LogP contribution in [-0.2, 0) is 4.79 Å². The third kappa shape index (κ3) is 2.34. The molecule has 96 valence electrons. The van der Waals surface area contributed by atoms with Gasteiger partial charge in [0.15, 0.2) is 0 Å². The Morgan fingerprint density at radius 1 is 1.28 bits per heavy atom. The van der Waals surface area contributed by atoms with Crippen LogP contribution in [-0.4, -0.2) is 23.6 Å². The van der Waals surface area contributed by atoms with Crippen molar-refractivity contribution in [2.75, 3.05) is 16.8 Å². The Bertz CT molecular complexity index is 473. The second-order valence-corrected chi connectivity index (χ2v) is 5.22. The first kappa shape index (κ1) is 13.3. The summed E-state index contributed by atoms with van der Waals surface area (Å²) in [6, 6.07) is 7.22. The normalized spacial score (nSPS) is 16.0. The van der Waals surface area contributed by atoms with Gasteiger partial charge in [-0.3, -0.25) is 9.59 Å². The van der Waals surface area contributed by atoms with E-state index in [0.29, 0.717) is 18.0 Å². The standard InChI is InChI=1S/C14H16BrNO2/c1-2-5-10(8-15)9-16-12-7-4-3-6-11(12)13(17)14(16)18/h3-4,6-7,10H,2,5,8-9H2,1H3. The van der Waals surface area contributed by atoms with Crippen LogP contribution in [0.4, 0.5) is 5.69 Å². The number of benzene rings is 1. The fourth-order valence-corrected chi connectivity index (χ4v) is 2.84. The molecule has 0 radical (unpaired) electrons. The van der Waals surface area contributed by atoms with Crippen LogP contribution in [0.25, 0.3) is 0 Å². The van der Waals surface area contributed by atoms with Crippen LogP contribution in [0, 0.1) is 5.92 Å². The molecule has 1 unspecified atom stereocenters. The molecule has 0 spiro atoms. The molecule has 1 aliphatic rings. The van der Waals surface area contributed by atoms with Crippen molar-refractivity contribution in [3.8, 4) is 0 Å². The van der Waals surface area contributed by atoms with Crippen LogP contribution >= 0.6 is 15.9 Å². The number of rotatable bonds is 5. The number of anilines is 1. The maximum absolute atomic E-state index is 12.0. The number of hydrogen-bond donors (Lipinski definition) is 0. The Balaban J connectivity index is 2.23. The molecule has 0 N–H and O–H groups in total. The predicted molar refractivity (Wildman–Crippen MR) is 75.3 cm³/mol. The monoisotopic (exact) mass is 309 g/mol. The number of halogens is 1. The number of fused-ring (bicyclic) bond motifs is 1. The first-order chi connectivity index (χ1) is 8.69. The van der Waals surface area contributed by atoms with Crippen molar-refractivity contribution in [2.45, 2.75) is 19.8 Å². The summed E-state index contributed by atoms with van der Waals surface area (Å²) in [7, 11) is 0. The van der Waals surface area contributed by atoms with Crippen molar-refractivity contribution in [3.05, 3.63) is 29.8 Å². The summed E-state index contributed by atoms with van der Waals surface area (Å²) in [6.45, 7) is 2.74. The van der Waals surface area contributed by atoms with Gasteiger partial charge in [-0.25, -0.2) is 0 Å². The molecule has 4 heteroatoms. The van der Waals surface area contributed by atoms with Crippen molar-refractivity contribution in [1.82, 2.24) is 0 Å². The van der Waals surface area contributed by atoms with E-state index in [-0.39, 0.29) is 5.78 Å². The van der Waals surface area contributed by atoms with Crippen molar-refractivity contribution >= 4 is 33.3 Å². The number of alkyl halides is 1. The fourth-order valence-electron chi connectivity index (χ4n) is 2.31. The lowest BCUT2D eigenvalue weighted by Gasteiger charge is -2.22. The van der Waals surface area contributed by atoms with E-state index in [1.54, 1.807) is 17.0 Å². The van der Waals surface area contributed by atoms with Crippen LogP contribution in [0.1, 0.15) is 30.1 Å². The average molecular weight is 310 g/mol. The summed E-state index contributed by atoms with van der Waals surface area (Å²) in [5.74, 6) is -0.383. The quantitative estimate of drug-likeness (QED) is 0.619. The van der Waals surface area contributed by atoms with Crippen LogP contribution in [0.2, 0.25) is 0 Å². The zero-order valence-electron chi connectivity index (χ0n) is 10.4. The number of hydrogen-bond acceptors (Lipinski definition) is 2. The molecule has 2 rings (SSSR count). The zero-order valence-corrected chi connectivity index (χ0v) is 11.9. The van der Waals surface area contributed by atoms with Gasteiger partial charge in [0.1, 0.15) is 0 Å². The Hall–Kier alpha value is -1.16. The highest BCUT2D eigenvalue weighted by Crippen LogP contribution is 2.29. The van der Waals surface area contributed by atoms with E-state index in [4.69, 9.17) is 0 Å². The molecular formula is C14H16BrNO2. The van der Waals surface area contributed by atoms with Crippen molar-refractivity contribution in [2.24, 2.45) is 5.92 Å². The molecule has 0 aliphatic carbocycles. The summed E-state index contributed by atoms with van der Waals surface area (Å²) in [5, 5.41) is 0.848. The van der Waals surface area contributed by atoms with Gasteiger partial charge >= 0.3 is 0 Å². The lowest BCUT2D eigenvalue weighted by molar-refractivity contribution is -0.114. The number of carbonyl (C=O) groups excluding carboxylic acids is 2. The first-order valence-corrected chi connectivity index (χ1v) is 7.32. The highest BCUT2D eigenvalue weighted by Gasteiger charge is 2.36. The van der Waals surface area contributed by atoms with Crippen LogP contribution < -0.4 is 4.90 Å². The number of ketones is 1. The Morgan fingerprint density at radius 3 is 2.67 bits per heavy atom. The second-order valence-electron chi connectivity index (χ2n) is 4.57. The molecule has 1 amide bonds. The first-order valence-electron chi connectivity index (χ1n) is 6.20. The summed E-state index contributed by atoms with van der Waals surface area (Å²) in [5.41, 5.74) is 1.29. The van der Waals surface area contributed by atoms with Gasteiger partial charge < -0.3 is 4.90 Å². The van der Waals surface area contributed by atoms with Gasteiger partial charge in [0.2, 0.25) is 0 Å². The molecule has 18 heavy (non-hydrogen) atoms. The van der Waals surface area contributed by atoms with Gasteiger partial charge in [-0.2, -0.15) is 0 Å². The van der Waals surface area contributed by atoms with Gasteiger partial charge in [-0.15, -0.1) is 0 Å². The highest BCUT2D eigenvalue weighted by molar-refractivity contribution is 9.09. The van der Waals surface area contributed by atoms with E-state index in [0.717, 1.165) is 23.9 Å². The molecule has 1 atom stereocenters. The Kier molecular flexibility index (Phi) is 4.17. The van der Waals surface area contributed by atoms with E-state index < -0.39 is 5.91 Å². The van der Waals surface area contributed by atoms with E-state index in [1.165, 1.54) is 0 Å². The van der Waals surface area contributed by atoms with Gasteiger partial charge in [-0.1, -0.05) is 41.4 Å². The van der Waals surface area contributed by atoms with Crippen molar-refractivity contribution in [1.29, 1.82) is 0 Å². The number of nitrogens with zero attached hydrogens (tertiary/aromatic N) is 1. The minimum Gasteiger partial charge on any atom is -0.304 e. The number of amides is 1. The predicted octanol–water partition coefficient (Wildman–Crippen LogP) is 3.03. The third-order valence-electron chi connectivity index (χ3n) is 3.23. The lowest BCUT2D eigenvalue weighted by Crippen LogP contribution is -2.34. The summed E-state index contributed by atoms with van der Waals surface area (Å²) in [6.07, 6.45) is 2.12. The zero-order chi connectivity index (χ0) is 13.1. The van der Waals surface area contributed by atoms with Gasteiger partial charge in [0.05, 0.1) is 11.3 Å². The summed E-state index contributed by atoms with van der Waals surface area (Å²) in [4.78, 5) is 25.4. The molecule has 0 saturated carbocycles. The molecule has 0 fully saturated rings. The smallest absolute Gasteiger partial charge is 0.299 e. The Labute approximate surface area is 115 Å². The van der Waals surface area contributed by atoms with Gasteiger partial charge in [-0.05, 0) is 24.5 Å². The fraction of sp³-hybridized carbons (Fsp3) is 0.429. The maximum atomic E-state index is 12.0. The minimum atomic E-state index is -0.391. The summed E-state index contributed by atoms with van der Waals surface area (Å²) >= 11 is 3.48. The number of Topliss-reactive ketones (excluding diaryl/α,β-unsaturated/α-hetero) is 1.